The Morgan fingerprint density at radius 3 is 3.00 bits per heavy atom. The lowest BCUT2D eigenvalue weighted by Crippen LogP contribution is -2.42. The highest BCUT2D eigenvalue weighted by Crippen LogP contribution is 2.22. The Bertz CT molecular complexity index is 473. The number of nitrogens with one attached hydrogen (secondary N) is 2. The molecule has 1 aliphatic heterocycles. The molecule has 0 saturated carbocycles. The van der Waals surface area contributed by atoms with Crippen LogP contribution >= 0.6 is 11.3 Å². The van der Waals surface area contributed by atoms with E-state index in [-0.39, 0.29) is 6.10 Å². The van der Waals surface area contributed by atoms with Gasteiger partial charge in [0.05, 0.1) is 18.8 Å². The molecule has 2 heterocycles. The van der Waals surface area contributed by atoms with E-state index in [1.54, 1.807) is 18.4 Å². The maximum atomic E-state index is 5.77. The molecule has 0 aromatic carbocycles. The van der Waals surface area contributed by atoms with Gasteiger partial charge in [0.2, 0.25) is 0 Å². The van der Waals surface area contributed by atoms with Crippen LogP contribution in [0.2, 0.25) is 0 Å². The van der Waals surface area contributed by atoms with Crippen molar-refractivity contribution in [1.29, 1.82) is 0 Å². The van der Waals surface area contributed by atoms with E-state index in [0.717, 1.165) is 51.7 Å². The number of rotatable bonds is 9. The molecule has 0 bridgehead atoms. The van der Waals surface area contributed by atoms with Crippen LogP contribution in [0, 0.1) is 0 Å². The Morgan fingerprint density at radius 2 is 2.38 bits per heavy atom. The van der Waals surface area contributed by atoms with Crippen molar-refractivity contribution >= 4 is 17.3 Å². The van der Waals surface area contributed by atoms with Crippen LogP contribution in [0.15, 0.2) is 22.5 Å². The highest BCUT2D eigenvalue weighted by Gasteiger charge is 2.16. The first-order valence-electron chi connectivity index (χ1n) is 8.54. The first-order valence-corrected chi connectivity index (χ1v) is 9.42. The second-order valence-corrected chi connectivity index (χ2v) is 7.06. The van der Waals surface area contributed by atoms with Gasteiger partial charge in [-0.3, -0.25) is 4.99 Å². The fourth-order valence-electron chi connectivity index (χ4n) is 2.61. The minimum absolute atomic E-state index is 0.286. The summed E-state index contributed by atoms with van der Waals surface area (Å²) in [5.41, 5.74) is 0. The van der Waals surface area contributed by atoms with Gasteiger partial charge in [0.25, 0.3) is 0 Å². The van der Waals surface area contributed by atoms with Crippen molar-refractivity contribution in [3.8, 4) is 0 Å². The molecule has 2 N–H and O–H groups in total. The quantitative estimate of drug-likeness (QED) is 0.402. The van der Waals surface area contributed by atoms with Gasteiger partial charge in [-0.25, -0.2) is 0 Å². The molecule has 0 radical (unpaired) electrons. The van der Waals surface area contributed by atoms with Gasteiger partial charge in [0.1, 0.15) is 0 Å². The average Bonchev–Trinajstić information content (AvgIpc) is 3.26. The van der Waals surface area contributed by atoms with E-state index in [9.17, 15) is 0 Å². The predicted molar refractivity (Wildman–Crippen MR) is 99.9 cm³/mol. The number of aliphatic imine (C=N–C) groups is 1. The number of ether oxygens (including phenoxy) is 2. The predicted octanol–water partition coefficient (Wildman–Crippen LogP) is 1.71. The van der Waals surface area contributed by atoms with Gasteiger partial charge in [-0.05, 0) is 38.4 Å². The molecule has 2 rings (SSSR count). The molecule has 6 nitrogen and oxygen atoms in total. The molecule has 1 aromatic heterocycles. The summed E-state index contributed by atoms with van der Waals surface area (Å²) >= 11 is 1.79. The fourth-order valence-corrected chi connectivity index (χ4v) is 3.53. The minimum Gasteiger partial charge on any atom is -0.379 e. The Morgan fingerprint density at radius 1 is 1.50 bits per heavy atom. The van der Waals surface area contributed by atoms with Gasteiger partial charge in [-0.15, -0.1) is 11.3 Å². The summed E-state index contributed by atoms with van der Waals surface area (Å²) in [6.07, 6.45) is 2.26. The third-order valence-electron chi connectivity index (χ3n) is 4.04. The molecular formula is C17H30N4O2S. The summed E-state index contributed by atoms with van der Waals surface area (Å²) in [5, 5.41) is 8.88. The Balaban J connectivity index is 1.64. The van der Waals surface area contributed by atoms with Crippen molar-refractivity contribution in [1.82, 2.24) is 15.5 Å². The lowest BCUT2D eigenvalue weighted by molar-refractivity contribution is 0.0420. The minimum atomic E-state index is 0.286. The number of hydrogen-bond donors (Lipinski definition) is 2. The van der Waals surface area contributed by atoms with Crippen molar-refractivity contribution < 1.29 is 9.47 Å². The lowest BCUT2D eigenvalue weighted by atomic mass is 10.2. The van der Waals surface area contributed by atoms with E-state index < -0.39 is 0 Å². The number of nitrogens with zero attached hydrogens (tertiary/aromatic N) is 2. The first-order chi connectivity index (χ1) is 11.7. The van der Waals surface area contributed by atoms with Crippen LogP contribution < -0.4 is 10.6 Å². The zero-order chi connectivity index (χ0) is 17.2. The number of likely N-dealkylation sites (N-methyl/N-ethyl adjacent to an activating group) is 1. The first kappa shape index (κ1) is 19.2. The summed E-state index contributed by atoms with van der Waals surface area (Å²) in [6.45, 7) is 4.00. The van der Waals surface area contributed by atoms with Crippen LogP contribution in [0.3, 0.4) is 0 Å². The summed E-state index contributed by atoms with van der Waals surface area (Å²) in [7, 11) is 6.01. The Kier molecular flexibility index (Phi) is 8.52. The second kappa shape index (κ2) is 10.7. The van der Waals surface area contributed by atoms with E-state index in [4.69, 9.17) is 9.47 Å². The van der Waals surface area contributed by atoms with Crippen LogP contribution in [-0.4, -0.2) is 71.0 Å². The van der Waals surface area contributed by atoms with Crippen molar-refractivity contribution in [2.24, 2.45) is 4.99 Å². The molecule has 1 aliphatic rings. The zero-order valence-electron chi connectivity index (χ0n) is 15.0. The van der Waals surface area contributed by atoms with E-state index in [2.05, 4.69) is 52.1 Å². The highest BCUT2D eigenvalue weighted by molar-refractivity contribution is 7.10. The SMILES string of the molecule is CN=C(NCCCOC1CCOC1)NCC(c1cccs1)N(C)C. The maximum absolute atomic E-state index is 5.77. The number of thiophene rings is 1. The number of guanidine groups is 1. The van der Waals surface area contributed by atoms with Crippen molar-refractivity contribution in [3.63, 3.8) is 0 Å². The van der Waals surface area contributed by atoms with E-state index in [0.29, 0.717) is 6.04 Å². The molecule has 7 heteroatoms. The van der Waals surface area contributed by atoms with E-state index in [1.807, 2.05) is 0 Å². The van der Waals surface area contributed by atoms with Gasteiger partial charge in [-0.2, -0.15) is 0 Å². The number of hydrogen-bond acceptors (Lipinski definition) is 5. The third-order valence-corrected chi connectivity index (χ3v) is 5.01. The molecule has 24 heavy (non-hydrogen) atoms. The lowest BCUT2D eigenvalue weighted by Gasteiger charge is -2.24. The topological polar surface area (TPSA) is 58.1 Å². The Labute approximate surface area is 149 Å². The van der Waals surface area contributed by atoms with Gasteiger partial charge in [-0.1, -0.05) is 6.07 Å². The van der Waals surface area contributed by atoms with Crippen LogP contribution in [0.4, 0.5) is 0 Å². The smallest absolute Gasteiger partial charge is 0.191 e. The normalized spacial score (nSPS) is 19.7. The molecule has 0 amide bonds. The second-order valence-electron chi connectivity index (χ2n) is 6.08. The summed E-state index contributed by atoms with van der Waals surface area (Å²) in [5.74, 6) is 0.836. The molecule has 1 saturated heterocycles. The van der Waals surface area contributed by atoms with Crippen LogP contribution in [0.25, 0.3) is 0 Å². The largest absolute Gasteiger partial charge is 0.379 e. The third kappa shape index (κ3) is 6.39. The highest BCUT2D eigenvalue weighted by atomic mass is 32.1. The summed E-state index contributed by atoms with van der Waals surface area (Å²) in [4.78, 5) is 7.88. The van der Waals surface area contributed by atoms with Crippen molar-refractivity contribution in [2.45, 2.75) is 25.0 Å². The van der Waals surface area contributed by atoms with Gasteiger partial charge in [0.15, 0.2) is 5.96 Å². The van der Waals surface area contributed by atoms with E-state index in [1.165, 1.54) is 4.88 Å². The molecular weight excluding hydrogens is 324 g/mol. The molecule has 0 aliphatic carbocycles. The monoisotopic (exact) mass is 354 g/mol. The molecule has 2 atom stereocenters. The Hall–Kier alpha value is -1.15. The van der Waals surface area contributed by atoms with Gasteiger partial charge >= 0.3 is 0 Å². The van der Waals surface area contributed by atoms with Crippen LogP contribution in [-0.2, 0) is 9.47 Å². The van der Waals surface area contributed by atoms with Gasteiger partial charge < -0.3 is 25.0 Å². The molecule has 2 unspecified atom stereocenters. The summed E-state index contributed by atoms with van der Waals surface area (Å²) < 4.78 is 11.1. The van der Waals surface area contributed by atoms with Crippen molar-refractivity contribution in [2.75, 3.05) is 54.1 Å². The molecule has 1 fully saturated rings. The average molecular weight is 355 g/mol. The van der Waals surface area contributed by atoms with Crippen LogP contribution in [0.1, 0.15) is 23.8 Å². The molecule has 1 aromatic rings. The fraction of sp³-hybridized carbons (Fsp3) is 0.706. The van der Waals surface area contributed by atoms with Crippen LogP contribution in [0.5, 0.6) is 0 Å². The standard InChI is InChI=1S/C17H30N4O2S/c1-18-17(19-8-5-9-23-14-7-10-22-13-14)20-12-15(21(2)3)16-6-4-11-24-16/h4,6,11,14-15H,5,7-10,12-13H2,1-3H3,(H2,18,19,20). The maximum Gasteiger partial charge on any atom is 0.191 e. The van der Waals surface area contributed by atoms with Gasteiger partial charge in [0, 0.05) is 38.2 Å². The van der Waals surface area contributed by atoms with Crippen molar-refractivity contribution in [3.05, 3.63) is 22.4 Å². The molecule has 136 valence electrons. The molecule has 0 spiro atoms. The summed E-state index contributed by atoms with van der Waals surface area (Å²) in [6, 6.07) is 4.62. The zero-order valence-corrected chi connectivity index (χ0v) is 15.8. The van der Waals surface area contributed by atoms with E-state index >= 15 is 0 Å².